The van der Waals surface area contributed by atoms with E-state index in [1.165, 1.54) is 6.33 Å². The van der Waals surface area contributed by atoms with Crippen LogP contribution in [0.25, 0.3) is 0 Å². The lowest BCUT2D eigenvalue weighted by molar-refractivity contribution is 0.603. The van der Waals surface area contributed by atoms with Crippen molar-refractivity contribution in [1.29, 1.82) is 0 Å². The molecule has 0 unspecified atom stereocenters. The summed E-state index contributed by atoms with van der Waals surface area (Å²) in [5, 5.41) is 5.80. The molecule has 0 aliphatic heterocycles. The Balaban J connectivity index is 1.91. The van der Waals surface area contributed by atoms with Crippen molar-refractivity contribution >= 4 is 28.7 Å². The topological polar surface area (TPSA) is 75.9 Å². The van der Waals surface area contributed by atoms with Crippen molar-refractivity contribution in [3.8, 4) is 0 Å². The van der Waals surface area contributed by atoms with Gasteiger partial charge in [0.25, 0.3) is 0 Å². The third-order valence-corrected chi connectivity index (χ3v) is 3.46. The maximum atomic E-state index is 13.8. The first kappa shape index (κ1) is 15.7. The maximum absolute atomic E-state index is 13.8. The number of nitrogens with zero attached hydrogens (tertiary/aromatic N) is 2. The van der Waals surface area contributed by atoms with E-state index in [4.69, 9.17) is 5.73 Å². The van der Waals surface area contributed by atoms with Gasteiger partial charge in [-0.05, 0) is 30.7 Å². The van der Waals surface area contributed by atoms with Gasteiger partial charge in [-0.3, -0.25) is 0 Å². The second-order valence-electron chi connectivity index (χ2n) is 5.17. The van der Waals surface area contributed by atoms with Crippen LogP contribution < -0.4 is 16.4 Å². The minimum absolute atomic E-state index is 0.0535. The lowest BCUT2D eigenvalue weighted by atomic mass is 10.2. The van der Waals surface area contributed by atoms with E-state index in [0.717, 1.165) is 29.4 Å². The van der Waals surface area contributed by atoms with Crippen LogP contribution in [0.2, 0.25) is 0 Å². The molecule has 1 aromatic heterocycles. The molecule has 0 amide bonds. The van der Waals surface area contributed by atoms with Gasteiger partial charge in [-0.15, -0.1) is 0 Å². The largest absolute Gasteiger partial charge is 0.393 e. The molecule has 0 aliphatic carbocycles. The molecule has 122 valence electrons. The molecule has 0 saturated heterocycles. The van der Waals surface area contributed by atoms with Crippen LogP contribution in [0.1, 0.15) is 5.56 Å². The molecule has 3 rings (SSSR count). The zero-order chi connectivity index (χ0) is 17.1. The van der Waals surface area contributed by atoms with Gasteiger partial charge in [0.1, 0.15) is 23.6 Å². The molecule has 4 N–H and O–H groups in total. The lowest BCUT2D eigenvalue weighted by Gasteiger charge is -2.14. The Morgan fingerprint density at radius 1 is 0.917 bits per heavy atom. The molecule has 24 heavy (non-hydrogen) atoms. The normalized spacial score (nSPS) is 10.5. The number of anilines is 5. The van der Waals surface area contributed by atoms with E-state index in [-0.39, 0.29) is 17.2 Å². The van der Waals surface area contributed by atoms with Crippen molar-refractivity contribution in [2.24, 2.45) is 0 Å². The van der Waals surface area contributed by atoms with Crippen LogP contribution in [0, 0.1) is 18.6 Å². The quantitative estimate of drug-likeness (QED) is 0.671. The highest BCUT2D eigenvalue weighted by Crippen LogP contribution is 2.30. The van der Waals surface area contributed by atoms with E-state index >= 15 is 0 Å². The Kier molecular flexibility index (Phi) is 4.24. The lowest BCUT2D eigenvalue weighted by Crippen LogP contribution is -2.06. The van der Waals surface area contributed by atoms with E-state index < -0.39 is 11.6 Å². The number of nitrogens with two attached hydrogens (primary N) is 1. The number of hydrogen-bond acceptors (Lipinski definition) is 5. The Labute approximate surface area is 137 Å². The molecule has 0 spiro atoms. The molecule has 5 nitrogen and oxygen atoms in total. The fraction of sp³-hybridized carbons (Fsp3) is 0.0588. The average Bonchev–Trinajstić information content (AvgIpc) is 2.56. The highest BCUT2D eigenvalue weighted by atomic mass is 19.1. The summed E-state index contributed by atoms with van der Waals surface area (Å²) in [6.45, 7) is 1.95. The van der Waals surface area contributed by atoms with Crippen molar-refractivity contribution < 1.29 is 8.78 Å². The summed E-state index contributed by atoms with van der Waals surface area (Å²) in [6.07, 6.45) is 1.29. The predicted octanol–water partition coefficient (Wildman–Crippen LogP) is 4.13. The van der Waals surface area contributed by atoms with Gasteiger partial charge in [0.05, 0.1) is 5.69 Å². The van der Waals surface area contributed by atoms with Crippen molar-refractivity contribution in [3.05, 3.63) is 66.0 Å². The summed E-state index contributed by atoms with van der Waals surface area (Å²) in [7, 11) is 0. The van der Waals surface area contributed by atoms with Crippen LogP contribution in [0.3, 0.4) is 0 Å². The molecule has 1 heterocycles. The van der Waals surface area contributed by atoms with Crippen molar-refractivity contribution in [1.82, 2.24) is 9.97 Å². The van der Waals surface area contributed by atoms with E-state index in [2.05, 4.69) is 20.6 Å². The van der Waals surface area contributed by atoms with Gasteiger partial charge in [0.2, 0.25) is 0 Å². The van der Waals surface area contributed by atoms with E-state index in [1.807, 2.05) is 31.2 Å². The number of nitrogen functional groups attached to an aromatic ring is 1. The molecular formula is C17H15F2N5. The molecule has 0 saturated carbocycles. The van der Waals surface area contributed by atoms with Gasteiger partial charge < -0.3 is 16.4 Å². The molecule has 3 aromatic rings. The monoisotopic (exact) mass is 327 g/mol. The van der Waals surface area contributed by atoms with Crippen LogP contribution in [0.4, 0.5) is 37.5 Å². The Bertz CT molecular complexity index is 883. The van der Waals surface area contributed by atoms with Crippen LogP contribution >= 0.6 is 0 Å². The van der Waals surface area contributed by atoms with Gasteiger partial charge >= 0.3 is 0 Å². The molecule has 0 aliphatic rings. The Morgan fingerprint density at radius 3 is 2.29 bits per heavy atom. The van der Waals surface area contributed by atoms with Crippen molar-refractivity contribution in [3.63, 3.8) is 0 Å². The number of rotatable bonds is 4. The van der Waals surface area contributed by atoms with Gasteiger partial charge in [-0.25, -0.2) is 18.7 Å². The molecule has 2 aromatic carbocycles. The second-order valence-corrected chi connectivity index (χ2v) is 5.17. The summed E-state index contributed by atoms with van der Waals surface area (Å²) in [6, 6.07) is 10.7. The summed E-state index contributed by atoms with van der Waals surface area (Å²) in [5.74, 6) is -0.614. The highest BCUT2D eigenvalue weighted by molar-refractivity contribution is 5.80. The number of aryl methyl sites for hydroxylation is 1. The third kappa shape index (κ3) is 3.24. The summed E-state index contributed by atoms with van der Waals surface area (Å²) in [4.78, 5) is 8.09. The molecule has 7 heteroatoms. The number of halogens is 2. The van der Waals surface area contributed by atoms with Crippen LogP contribution in [-0.2, 0) is 0 Å². The first-order valence-electron chi connectivity index (χ1n) is 7.20. The SMILES string of the molecule is Cc1ccccc1Nc1ncnc(Nc2cc(F)ccc2F)c1N. The standard InChI is InChI=1S/C17H15F2N5/c1-10-4-2-3-5-13(10)23-16-15(20)17(22-9-21-16)24-14-8-11(18)6-7-12(14)19/h2-9H,20H2,1H3,(H2,21,22,23,24). The fourth-order valence-corrected chi connectivity index (χ4v) is 2.16. The summed E-state index contributed by atoms with van der Waals surface area (Å²) in [5.41, 5.74) is 8.05. The minimum Gasteiger partial charge on any atom is -0.393 e. The number of hydrogen-bond donors (Lipinski definition) is 3. The Hall–Kier alpha value is -3.22. The van der Waals surface area contributed by atoms with E-state index in [9.17, 15) is 8.78 Å². The van der Waals surface area contributed by atoms with E-state index in [0.29, 0.717) is 5.82 Å². The summed E-state index contributed by atoms with van der Waals surface area (Å²) >= 11 is 0. The fourth-order valence-electron chi connectivity index (χ4n) is 2.16. The van der Waals surface area contributed by atoms with Gasteiger partial charge in [-0.2, -0.15) is 0 Å². The number of aromatic nitrogens is 2. The van der Waals surface area contributed by atoms with Crippen LogP contribution in [-0.4, -0.2) is 9.97 Å². The second kappa shape index (κ2) is 6.49. The predicted molar refractivity (Wildman–Crippen MR) is 90.5 cm³/mol. The van der Waals surface area contributed by atoms with Gasteiger partial charge in [0.15, 0.2) is 11.6 Å². The molecular weight excluding hydrogens is 312 g/mol. The Morgan fingerprint density at radius 2 is 1.58 bits per heavy atom. The minimum atomic E-state index is -0.608. The van der Waals surface area contributed by atoms with Crippen LogP contribution in [0.15, 0.2) is 48.8 Å². The number of nitrogens with one attached hydrogen (secondary N) is 2. The molecule has 0 atom stereocenters. The third-order valence-electron chi connectivity index (χ3n) is 3.46. The summed E-state index contributed by atoms with van der Waals surface area (Å²) < 4.78 is 27.0. The maximum Gasteiger partial charge on any atom is 0.159 e. The highest BCUT2D eigenvalue weighted by Gasteiger charge is 2.12. The first-order valence-corrected chi connectivity index (χ1v) is 7.20. The molecule has 0 bridgehead atoms. The van der Waals surface area contributed by atoms with E-state index in [1.54, 1.807) is 0 Å². The van der Waals surface area contributed by atoms with Gasteiger partial charge in [0, 0.05) is 11.8 Å². The van der Waals surface area contributed by atoms with Crippen LogP contribution in [0.5, 0.6) is 0 Å². The number of benzene rings is 2. The zero-order valence-corrected chi connectivity index (χ0v) is 12.8. The smallest absolute Gasteiger partial charge is 0.159 e. The van der Waals surface area contributed by atoms with Crippen molar-refractivity contribution in [2.75, 3.05) is 16.4 Å². The average molecular weight is 327 g/mol. The van der Waals surface area contributed by atoms with Gasteiger partial charge in [-0.1, -0.05) is 18.2 Å². The molecule has 0 radical (unpaired) electrons. The first-order chi connectivity index (χ1) is 11.5. The van der Waals surface area contributed by atoms with Crippen molar-refractivity contribution in [2.45, 2.75) is 6.92 Å². The molecule has 0 fully saturated rings. The zero-order valence-electron chi connectivity index (χ0n) is 12.8. The number of para-hydroxylation sites is 1.